The molecule has 2 amide bonds. The monoisotopic (exact) mass is 373 g/mol. The normalized spacial score (nSPS) is 10.1. The van der Waals surface area contributed by atoms with Gasteiger partial charge in [-0.3, -0.25) is 14.4 Å². The zero-order valence-electron chi connectivity index (χ0n) is 15.6. The Morgan fingerprint density at radius 3 is 2.54 bits per heavy atom. The van der Waals surface area contributed by atoms with Crippen LogP contribution in [0.3, 0.4) is 0 Å². The second-order valence-electron chi connectivity index (χ2n) is 6.11. The van der Waals surface area contributed by atoms with E-state index in [0.717, 1.165) is 5.52 Å². The highest BCUT2D eigenvalue weighted by molar-refractivity contribution is 6.45. The van der Waals surface area contributed by atoms with Crippen LogP contribution in [0.25, 0.3) is 10.9 Å². The third kappa shape index (κ3) is 3.79. The maximum Gasteiger partial charge on any atom is 0.293 e. The molecule has 0 spiro atoms. The van der Waals surface area contributed by atoms with Crippen molar-refractivity contribution in [3.63, 3.8) is 0 Å². The van der Waals surface area contributed by atoms with E-state index in [2.05, 4.69) is 27.5 Å². The van der Waals surface area contributed by atoms with Crippen molar-refractivity contribution >= 4 is 28.5 Å². The molecular formula is C22H19N3O3. The van der Waals surface area contributed by atoms with Crippen LogP contribution in [0.15, 0.2) is 48.5 Å². The lowest BCUT2D eigenvalue weighted by Gasteiger charge is -2.03. The first kappa shape index (κ1) is 18.9. The third-order valence-corrected chi connectivity index (χ3v) is 4.29. The third-order valence-electron chi connectivity index (χ3n) is 4.29. The number of fused-ring (bicyclic) bond motifs is 1. The second kappa shape index (κ2) is 8.23. The predicted molar refractivity (Wildman–Crippen MR) is 107 cm³/mol. The number of hydrogen-bond donors (Lipinski definition) is 3. The minimum atomic E-state index is -0.721. The topological polar surface area (TPSA) is 91.1 Å². The van der Waals surface area contributed by atoms with Crippen LogP contribution in [0.5, 0.6) is 0 Å². The van der Waals surface area contributed by atoms with Crippen molar-refractivity contribution in [1.29, 1.82) is 0 Å². The molecule has 2 aromatic carbocycles. The Morgan fingerprint density at radius 1 is 1.04 bits per heavy atom. The van der Waals surface area contributed by atoms with Crippen LogP contribution in [-0.2, 0) is 4.79 Å². The van der Waals surface area contributed by atoms with E-state index < -0.39 is 11.7 Å². The van der Waals surface area contributed by atoms with Crippen molar-refractivity contribution in [3.05, 3.63) is 70.9 Å². The van der Waals surface area contributed by atoms with Gasteiger partial charge in [0, 0.05) is 29.2 Å². The highest BCUT2D eigenvalue weighted by atomic mass is 16.2. The van der Waals surface area contributed by atoms with Gasteiger partial charge >= 0.3 is 0 Å². The van der Waals surface area contributed by atoms with E-state index in [1.54, 1.807) is 44.3 Å². The van der Waals surface area contributed by atoms with E-state index in [1.165, 1.54) is 0 Å². The highest BCUT2D eigenvalue weighted by Gasteiger charge is 2.21. The van der Waals surface area contributed by atoms with Gasteiger partial charge in [-0.1, -0.05) is 42.2 Å². The van der Waals surface area contributed by atoms with Crippen LogP contribution >= 0.6 is 0 Å². The molecular weight excluding hydrogens is 354 g/mol. The number of aromatic amines is 1. The molecule has 3 aromatic rings. The highest BCUT2D eigenvalue weighted by Crippen LogP contribution is 2.22. The van der Waals surface area contributed by atoms with Crippen molar-refractivity contribution in [2.45, 2.75) is 6.92 Å². The zero-order chi connectivity index (χ0) is 20.1. The molecule has 0 unspecified atom stereocenters. The van der Waals surface area contributed by atoms with Crippen molar-refractivity contribution < 1.29 is 14.4 Å². The van der Waals surface area contributed by atoms with Crippen molar-refractivity contribution in [2.24, 2.45) is 0 Å². The number of carbonyl (C=O) groups is 3. The standard InChI is InChI=1S/C22H19N3O3/c1-14-19(17-11-5-6-12-18(17)25-14)20(26)22(28)24-13-7-9-15-8-3-4-10-16(15)21(27)23-2/h3-6,8,10-12,25H,13H2,1-2H3,(H,23,27)(H,24,28). The van der Waals surface area contributed by atoms with Gasteiger partial charge in [0.2, 0.25) is 0 Å². The van der Waals surface area contributed by atoms with E-state index >= 15 is 0 Å². The van der Waals surface area contributed by atoms with Crippen LogP contribution < -0.4 is 10.6 Å². The van der Waals surface area contributed by atoms with Crippen LogP contribution in [0, 0.1) is 18.8 Å². The molecule has 3 N–H and O–H groups in total. The first-order valence-electron chi connectivity index (χ1n) is 8.72. The van der Waals surface area contributed by atoms with Gasteiger partial charge < -0.3 is 15.6 Å². The number of rotatable bonds is 4. The molecule has 6 heteroatoms. The minimum Gasteiger partial charge on any atom is -0.358 e. The summed E-state index contributed by atoms with van der Waals surface area (Å²) in [5.74, 6) is 4.07. The summed E-state index contributed by atoms with van der Waals surface area (Å²) in [5.41, 5.74) is 2.82. The molecule has 0 saturated carbocycles. The summed E-state index contributed by atoms with van der Waals surface area (Å²) in [4.78, 5) is 39.8. The summed E-state index contributed by atoms with van der Waals surface area (Å²) < 4.78 is 0. The van der Waals surface area contributed by atoms with Crippen molar-refractivity contribution in [1.82, 2.24) is 15.6 Å². The Hall–Kier alpha value is -3.85. The van der Waals surface area contributed by atoms with E-state index in [1.807, 2.05) is 18.2 Å². The van der Waals surface area contributed by atoms with Crippen LogP contribution in [0.4, 0.5) is 0 Å². The first-order valence-corrected chi connectivity index (χ1v) is 8.72. The van der Waals surface area contributed by atoms with Gasteiger partial charge in [-0.25, -0.2) is 0 Å². The van der Waals surface area contributed by atoms with Gasteiger partial charge in [0.25, 0.3) is 17.6 Å². The number of para-hydroxylation sites is 1. The second-order valence-corrected chi connectivity index (χ2v) is 6.11. The predicted octanol–water partition coefficient (Wildman–Crippen LogP) is 2.19. The molecule has 0 fully saturated rings. The van der Waals surface area contributed by atoms with Gasteiger partial charge in [0.1, 0.15) is 0 Å². The van der Waals surface area contributed by atoms with Gasteiger partial charge in [-0.05, 0) is 25.1 Å². The lowest BCUT2D eigenvalue weighted by molar-refractivity contribution is -0.116. The fourth-order valence-corrected chi connectivity index (χ4v) is 2.95. The number of aromatic nitrogens is 1. The number of nitrogens with one attached hydrogen (secondary N) is 3. The minimum absolute atomic E-state index is 0.00590. The van der Waals surface area contributed by atoms with Gasteiger partial charge in [0.15, 0.2) is 0 Å². The first-order chi connectivity index (χ1) is 13.5. The number of benzene rings is 2. The van der Waals surface area contributed by atoms with Crippen LogP contribution in [-0.4, -0.2) is 36.2 Å². The molecule has 0 bridgehead atoms. The summed E-state index contributed by atoms with van der Waals surface area (Å²) >= 11 is 0. The molecule has 0 atom stereocenters. The molecule has 0 aliphatic heterocycles. The number of carbonyl (C=O) groups excluding carboxylic acids is 3. The Balaban J connectivity index is 1.71. The summed E-state index contributed by atoms with van der Waals surface area (Å²) in [6.45, 7) is 1.75. The summed E-state index contributed by atoms with van der Waals surface area (Å²) in [6.07, 6.45) is 0. The number of Topliss-reactive ketones (excluding diaryl/α,β-unsaturated/α-hetero) is 1. The number of amides is 2. The van der Waals surface area contributed by atoms with Crippen molar-refractivity contribution in [2.75, 3.05) is 13.6 Å². The molecule has 0 aliphatic carbocycles. The molecule has 28 heavy (non-hydrogen) atoms. The van der Waals surface area contributed by atoms with E-state index in [-0.39, 0.29) is 12.5 Å². The Morgan fingerprint density at radius 2 is 1.75 bits per heavy atom. The number of H-pyrrole nitrogens is 1. The molecule has 1 aromatic heterocycles. The van der Waals surface area contributed by atoms with Gasteiger partial charge in [-0.15, -0.1) is 0 Å². The Kier molecular flexibility index (Phi) is 5.56. The fraction of sp³-hybridized carbons (Fsp3) is 0.136. The van der Waals surface area contributed by atoms with E-state index in [9.17, 15) is 14.4 Å². The molecule has 6 nitrogen and oxygen atoms in total. The SMILES string of the molecule is CNC(=O)c1ccccc1C#CCNC(=O)C(=O)c1c(C)[nH]c2ccccc12. The fourth-order valence-electron chi connectivity index (χ4n) is 2.95. The number of ketones is 1. The van der Waals surface area contributed by atoms with Crippen LogP contribution in [0.1, 0.15) is 32.0 Å². The number of hydrogen-bond acceptors (Lipinski definition) is 3. The quantitative estimate of drug-likeness (QED) is 0.372. The Labute approximate surface area is 162 Å². The Bertz CT molecular complexity index is 1130. The lowest BCUT2D eigenvalue weighted by Crippen LogP contribution is -2.31. The molecule has 3 rings (SSSR count). The molecule has 1 heterocycles. The van der Waals surface area contributed by atoms with E-state index in [4.69, 9.17) is 0 Å². The summed E-state index contributed by atoms with van der Waals surface area (Å²) in [6, 6.07) is 14.3. The molecule has 0 aliphatic rings. The van der Waals surface area contributed by atoms with Gasteiger partial charge in [0.05, 0.1) is 17.7 Å². The average molecular weight is 373 g/mol. The molecule has 0 radical (unpaired) electrons. The van der Waals surface area contributed by atoms with E-state index in [0.29, 0.717) is 27.8 Å². The van der Waals surface area contributed by atoms with Crippen molar-refractivity contribution in [3.8, 4) is 11.8 Å². The molecule has 0 saturated heterocycles. The lowest BCUT2D eigenvalue weighted by atomic mass is 10.1. The smallest absolute Gasteiger partial charge is 0.293 e. The summed E-state index contributed by atoms with van der Waals surface area (Å²) in [7, 11) is 1.55. The molecule has 140 valence electrons. The largest absolute Gasteiger partial charge is 0.358 e. The maximum absolute atomic E-state index is 12.6. The maximum atomic E-state index is 12.6. The average Bonchev–Trinajstić information content (AvgIpc) is 3.05. The summed E-state index contributed by atoms with van der Waals surface area (Å²) in [5, 5.41) is 5.79. The van der Waals surface area contributed by atoms with Crippen LogP contribution in [0.2, 0.25) is 0 Å². The van der Waals surface area contributed by atoms with Gasteiger partial charge in [-0.2, -0.15) is 0 Å². The zero-order valence-corrected chi connectivity index (χ0v) is 15.6. The number of aryl methyl sites for hydroxylation is 1.